The molecule has 4 rings (SSSR count). The molecule has 0 aromatic heterocycles. The number of aliphatic hydroxyl groups excluding tert-OH is 1. The molecule has 2 aromatic carbocycles. The summed E-state index contributed by atoms with van der Waals surface area (Å²) in [6.45, 7) is 9.45. The van der Waals surface area contributed by atoms with Crippen LogP contribution in [0.5, 0.6) is 17.2 Å². The summed E-state index contributed by atoms with van der Waals surface area (Å²) < 4.78 is 16.4. The molecule has 0 amide bonds. The summed E-state index contributed by atoms with van der Waals surface area (Å²) >= 11 is 0. The standard InChI is InChI=1S/C23H30N2O4/c1-23(2)16-24(10-11-25(23)13-18-6-4-3-5-7-18)14-19(26)15-27-20-8-9-21-22(12-20)29-17-28-21/h3-9,12,19,26H,10-11,13-17H2,1-2H3. The van der Waals surface area contributed by atoms with E-state index < -0.39 is 6.10 Å². The highest BCUT2D eigenvalue weighted by molar-refractivity contribution is 5.46. The van der Waals surface area contributed by atoms with Crippen molar-refractivity contribution in [3.05, 3.63) is 54.1 Å². The van der Waals surface area contributed by atoms with Crippen LogP contribution >= 0.6 is 0 Å². The van der Waals surface area contributed by atoms with Gasteiger partial charge < -0.3 is 19.3 Å². The highest BCUT2D eigenvalue weighted by atomic mass is 16.7. The summed E-state index contributed by atoms with van der Waals surface area (Å²) in [6, 6.07) is 16.1. The van der Waals surface area contributed by atoms with Gasteiger partial charge in [0.1, 0.15) is 18.5 Å². The van der Waals surface area contributed by atoms with E-state index in [1.807, 2.05) is 12.1 Å². The minimum atomic E-state index is -0.545. The summed E-state index contributed by atoms with van der Waals surface area (Å²) in [6.07, 6.45) is -0.545. The van der Waals surface area contributed by atoms with Crippen molar-refractivity contribution in [2.75, 3.05) is 39.6 Å². The first-order valence-electron chi connectivity index (χ1n) is 10.2. The predicted octanol–water partition coefficient (Wildman–Crippen LogP) is 2.75. The number of fused-ring (bicyclic) bond motifs is 1. The van der Waals surface area contributed by atoms with Crippen LogP contribution in [-0.2, 0) is 6.54 Å². The van der Waals surface area contributed by atoms with Crippen LogP contribution < -0.4 is 14.2 Å². The molecule has 2 heterocycles. The molecule has 1 unspecified atom stereocenters. The highest BCUT2D eigenvalue weighted by Crippen LogP contribution is 2.35. The zero-order chi connectivity index (χ0) is 20.3. The lowest BCUT2D eigenvalue weighted by atomic mass is 9.97. The number of rotatable bonds is 7. The summed E-state index contributed by atoms with van der Waals surface area (Å²) in [4.78, 5) is 4.85. The van der Waals surface area contributed by atoms with Gasteiger partial charge in [0.15, 0.2) is 11.5 Å². The molecule has 6 nitrogen and oxygen atoms in total. The van der Waals surface area contributed by atoms with E-state index in [2.05, 4.69) is 54.0 Å². The van der Waals surface area contributed by atoms with Crippen molar-refractivity contribution in [1.29, 1.82) is 0 Å². The Bertz CT molecular complexity index is 812. The maximum atomic E-state index is 10.5. The van der Waals surface area contributed by atoms with E-state index in [4.69, 9.17) is 14.2 Å². The Balaban J connectivity index is 1.25. The van der Waals surface area contributed by atoms with Crippen molar-refractivity contribution in [2.24, 2.45) is 0 Å². The van der Waals surface area contributed by atoms with Crippen molar-refractivity contribution in [2.45, 2.75) is 32.0 Å². The molecule has 6 heteroatoms. The summed E-state index contributed by atoms with van der Waals surface area (Å²) in [5.41, 5.74) is 1.39. The van der Waals surface area contributed by atoms with Crippen molar-refractivity contribution in [3.63, 3.8) is 0 Å². The van der Waals surface area contributed by atoms with Crippen molar-refractivity contribution in [1.82, 2.24) is 9.80 Å². The molecule has 0 aliphatic carbocycles. The smallest absolute Gasteiger partial charge is 0.231 e. The Morgan fingerprint density at radius 3 is 2.66 bits per heavy atom. The second kappa shape index (κ2) is 8.61. The number of benzene rings is 2. The van der Waals surface area contributed by atoms with Crippen molar-refractivity contribution < 1.29 is 19.3 Å². The third-order valence-electron chi connectivity index (χ3n) is 5.62. The van der Waals surface area contributed by atoms with Gasteiger partial charge >= 0.3 is 0 Å². The fourth-order valence-corrected chi connectivity index (χ4v) is 4.05. The first-order chi connectivity index (χ1) is 14.0. The lowest BCUT2D eigenvalue weighted by Gasteiger charge is -2.47. The van der Waals surface area contributed by atoms with Gasteiger partial charge in [0, 0.05) is 44.3 Å². The molecule has 2 aliphatic rings. The number of nitrogens with zero attached hydrogens (tertiary/aromatic N) is 2. The minimum Gasteiger partial charge on any atom is -0.491 e. The molecule has 2 aromatic rings. The SMILES string of the molecule is CC1(C)CN(CC(O)COc2ccc3c(c2)OCO3)CCN1Cc1ccccc1. The average Bonchev–Trinajstić information content (AvgIpc) is 3.17. The molecular weight excluding hydrogens is 368 g/mol. The van der Waals surface area contributed by atoms with Gasteiger partial charge in [-0.05, 0) is 31.5 Å². The van der Waals surface area contributed by atoms with Crippen LogP contribution in [0.3, 0.4) is 0 Å². The topological polar surface area (TPSA) is 54.4 Å². The third-order valence-corrected chi connectivity index (χ3v) is 5.62. The summed E-state index contributed by atoms with van der Waals surface area (Å²) in [5, 5.41) is 10.5. The molecule has 1 fully saturated rings. The van der Waals surface area contributed by atoms with E-state index in [1.54, 1.807) is 6.07 Å². The van der Waals surface area contributed by atoms with Crippen molar-refractivity contribution >= 4 is 0 Å². The molecule has 156 valence electrons. The first kappa shape index (κ1) is 20.0. The van der Waals surface area contributed by atoms with Crippen LogP contribution in [-0.4, -0.2) is 66.1 Å². The Hall–Kier alpha value is -2.28. The largest absolute Gasteiger partial charge is 0.491 e. The second-order valence-electron chi connectivity index (χ2n) is 8.43. The normalized spacial score (nSPS) is 19.8. The molecule has 0 radical (unpaired) electrons. The number of hydrogen-bond acceptors (Lipinski definition) is 6. The Morgan fingerprint density at radius 1 is 1.07 bits per heavy atom. The Labute approximate surface area is 172 Å². The molecule has 1 saturated heterocycles. The van der Waals surface area contributed by atoms with Gasteiger partial charge in [-0.15, -0.1) is 0 Å². The molecule has 1 N–H and O–H groups in total. The number of aliphatic hydroxyl groups is 1. The van der Waals surface area contributed by atoms with Crippen LogP contribution in [0.15, 0.2) is 48.5 Å². The molecule has 29 heavy (non-hydrogen) atoms. The Kier molecular flexibility index (Phi) is 5.94. The van der Waals surface area contributed by atoms with Gasteiger partial charge in [-0.2, -0.15) is 0 Å². The second-order valence-corrected chi connectivity index (χ2v) is 8.43. The number of β-amino-alcohol motifs (C(OH)–C–C–N with tert-alkyl or cyclic N) is 1. The molecule has 0 bridgehead atoms. The third kappa shape index (κ3) is 5.01. The van der Waals surface area contributed by atoms with Gasteiger partial charge in [-0.1, -0.05) is 30.3 Å². The monoisotopic (exact) mass is 398 g/mol. The van der Waals surface area contributed by atoms with E-state index in [9.17, 15) is 5.11 Å². The average molecular weight is 399 g/mol. The predicted molar refractivity (Wildman–Crippen MR) is 111 cm³/mol. The van der Waals surface area contributed by atoms with E-state index in [0.29, 0.717) is 18.0 Å². The zero-order valence-electron chi connectivity index (χ0n) is 17.2. The van der Waals surface area contributed by atoms with Gasteiger partial charge in [0.25, 0.3) is 0 Å². The van der Waals surface area contributed by atoms with E-state index >= 15 is 0 Å². The quantitative estimate of drug-likeness (QED) is 0.774. The fourth-order valence-electron chi connectivity index (χ4n) is 4.05. The first-order valence-corrected chi connectivity index (χ1v) is 10.2. The van der Waals surface area contributed by atoms with Gasteiger partial charge in [-0.3, -0.25) is 9.80 Å². The molecule has 2 aliphatic heterocycles. The zero-order valence-corrected chi connectivity index (χ0v) is 17.2. The van der Waals surface area contributed by atoms with E-state index in [0.717, 1.165) is 31.9 Å². The highest BCUT2D eigenvalue weighted by Gasteiger charge is 2.34. The number of ether oxygens (including phenoxy) is 3. The molecule has 0 saturated carbocycles. The van der Waals surface area contributed by atoms with Gasteiger partial charge in [0.05, 0.1) is 0 Å². The fraction of sp³-hybridized carbons (Fsp3) is 0.478. The van der Waals surface area contributed by atoms with Crippen molar-refractivity contribution in [3.8, 4) is 17.2 Å². The van der Waals surface area contributed by atoms with Crippen LogP contribution in [0.1, 0.15) is 19.4 Å². The maximum absolute atomic E-state index is 10.5. The Morgan fingerprint density at radius 2 is 1.86 bits per heavy atom. The number of hydrogen-bond donors (Lipinski definition) is 1. The summed E-state index contributed by atoms with van der Waals surface area (Å²) in [5.74, 6) is 2.10. The minimum absolute atomic E-state index is 0.0476. The lowest BCUT2D eigenvalue weighted by molar-refractivity contribution is -0.0124. The van der Waals surface area contributed by atoms with Crippen LogP contribution in [0.2, 0.25) is 0 Å². The number of piperazine rings is 1. The molecular formula is C23H30N2O4. The lowest BCUT2D eigenvalue weighted by Crippen LogP contribution is -2.59. The van der Waals surface area contributed by atoms with Crippen LogP contribution in [0.4, 0.5) is 0 Å². The van der Waals surface area contributed by atoms with Gasteiger partial charge in [-0.25, -0.2) is 0 Å². The summed E-state index contributed by atoms with van der Waals surface area (Å²) in [7, 11) is 0. The molecule has 0 spiro atoms. The maximum Gasteiger partial charge on any atom is 0.231 e. The van der Waals surface area contributed by atoms with E-state index in [-0.39, 0.29) is 18.9 Å². The van der Waals surface area contributed by atoms with Gasteiger partial charge in [0.2, 0.25) is 6.79 Å². The molecule has 1 atom stereocenters. The van der Waals surface area contributed by atoms with Crippen LogP contribution in [0.25, 0.3) is 0 Å². The van der Waals surface area contributed by atoms with E-state index in [1.165, 1.54) is 5.56 Å². The van der Waals surface area contributed by atoms with Crippen LogP contribution in [0, 0.1) is 0 Å².